The molecule has 0 aliphatic carbocycles. The zero-order valence-electron chi connectivity index (χ0n) is 20.2. The van der Waals surface area contributed by atoms with Gasteiger partial charge in [0.15, 0.2) is 0 Å². The average Bonchev–Trinajstić information content (AvgIpc) is 2.91. The molecule has 10 heteroatoms. The number of nitrogens with zero attached hydrogens (tertiary/aromatic N) is 3. The Bertz CT molecular complexity index is 1270. The summed E-state index contributed by atoms with van der Waals surface area (Å²) in [4.78, 5) is 37.1. The van der Waals surface area contributed by atoms with Crippen LogP contribution in [0.1, 0.15) is 23.2 Å². The van der Waals surface area contributed by atoms with E-state index in [0.29, 0.717) is 23.8 Å². The van der Waals surface area contributed by atoms with Crippen LogP contribution < -0.4 is 15.4 Å². The summed E-state index contributed by atoms with van der Waals surface area (Å²) in [5.41, 5.74) is 3.00. The van der Waals surface area contributed by atoms with Crippen LogP contribution in [-0.2, 0) is 4.79 Å². The standard InChI is InChI=1S/C26H29N5O3S2/c1-34-19-5-6-20-21(12-19)30-25(14-27-20)35-10-9-31-8-2-3-17(15-31)13-28-26(33)18-4-7-23-22(11-18)29-24(32)16-36-23/h4-7,11-12,14,17H,2-3,8-10,13,15-16H2,1H3,(H,28,33)(H,29,32). The van der Waals surface area contributed by atoms with Crippen LogP contribution in [0.5, 0.6) is 5.75 Å². The minimum Gasteiger partial charge on any atom is -0.497 e. The molecule has 0 bridgehead atoms. The Morgan fingerprint density at radius 1 is 1.28 bits per heavy atom. The SMILES string of the molecule is COc1ccc2ncc(SCCN3CCCC(CNC(=O)c4ccc5c(c4)NC(=O)CS5)C3)nc2c1. The molecule has 2 N–H and O–H groups in total. The quantitative estimate of drug-likeness (QED) is 0.429. The monoisotopic (exact) mass is 523 g/mol. The number of likely N-dealkylation sites (tertiary alicyclic amines) is 1. The first-order valence-corrected chi connectivity index (χ1v) is 14.1. The Balaban J connectivity index is 1.09. The number of carbonyl (C=O) groups is 2. The molecule has 8 nitrogen and oxygen atoms in total. The molecule has 2 aromatic carbocycles. The number of anilines is 1. The van der Waals surface area contributed by atoms with Gasteiger partial charge in [-0.25, -0.2) is 4.98 Å². The second-order valence-electron chi connectivity index (χ2n) is 8.98. The van der Waals surface area contributed by atoms with Gasteiger partial charge in [0.2, 0.25) is 5.91 Å². The van der Waals surface area contributed by atoms with Crippen molar-refractivity contribution in [2.75, 3.05) is 50.1 Å². The van der Waals surface area contributed by atoms with Crippen molar-refractivity contribution < 1.29 is 14.3 Å². The van der Waals surface area contributed by atoms with Gasteiger partial charge in [0.25, 0.3) is 5.91 Å². The molecule has 3 heterocycles. The molecule has 3 aromatic rings. The minimum atomic E-state index is -0.0955. The van der Waals surface area contributed by atoms with Crippen LogP contribution in [0.4, 0.5) is 5.69 Å². The van der Waals surface area contributed by atoms with Gasteiger partial charge in [-0.15, -0.1) is 23.5 Å². The van der Waals surface area contributed by atoms with Crippen LogP contribution in [0.2, 0.25) is 0 Å². The zero-order chi connectivity index (χ0) is 24.9. The molecular weight excluding hydrogens is 494 g/mol. The van der Waals surface area contributed by atoms with E-state index >= 15 is 0 Å². The summed E-state index contributed by atoms with van der Waals surface area (Å²) in [5, 5.41) is 6.86. The van der Waals surface area contributed by atoms with E-state index in [2.05, 4.69) is 20.5 Å². The number of nitrogens with one attached hydrogen (secondary N) is 2. The number of thioether (sulfide) groups is 2. The number of amides is 2. The fraction of sp³-hybridized carbons (Fsp3) is 0.385. The molecule has 2 aliphatic heterocycles. The van der Waals surface area contributed by atoms with Crippen molar-refractivity contribution in [2.24, 2.45) is 5.92 Å². The smallest absolute Gasteiger partial charge is 0.251 e. The van der Waals surface area contributed by atoms with Gasteiger partial charge >= 0.3 is 0 Å². The van der Waals surface area contributed by atoms with Gasteiger partial charge in [0.05, 0.1) is 35.8 Å². The molecule has 0 spiro atoms. The number of piperidine rings is 1. The topological polar surface area (TPSA) is 96.5 Å². The van der Waals surface area contributed by atoms with E-state index in [1.165, 1.54) is 11.8 Å². The van der Waals surface area contributed by atoms with Crippen molar-refractivity contribution in [2.45, 2.75) is 22.8 Å². The van der Waals surface area contributed by atoms with E-state index in [9.17, 15) is 9.59 Å². The molecule has 2 aliphatic rings. The normalized spacial score (nSPS) is 17.9. The lowest BCUT2D eigenvalue weighted by atomic mass is 9.98. The van der Waals surface area contributed by atoms with Crippen molar-refractivity contribution in [3.05, 3.63) is 48.2 Å². The Hall–Kier alpha value is -2.82. The highest BCUT2D eigenvalue weighted by Crippen LogP contribution is 2.32. The lowest BCUT2D eigenvalue weighted by molar-refractivity contribution is -0.113. The van der Waals surface area contributed by atoms with Crippen LogP contribution in [0.25, 0.3) is 11.0 Å². The Labute approximate surface area is 219 Å². The van der Waals surface area contributed by atoms with E-state index in [-0.39, 0.29) is 11.8 Å². The molecule has 1 atom stereocenters. The summed E-state index contributed by atoms with van der Waals surface area (Å²) in [7, 11) is 1.65. The Kier molecular flexibility index (Phi) is 7.93. The first-order valence-electron chi connectivity index (χ1n) is 12.1. The molecule has 0 saturated carbocycles. The zero-order valence-corrected chi connectivity index (χ0v) is 21.8. The number of hydrogen-bond acceptors (Lipinski definition) is 8. The molecule has 5 rings (SSSR count). The van der Waals surface area contributed by atoms with Crippen LogP contribution in [0.3, 0.4) is 0 Å². The maximum Gasteiger partial charge on any atom is 0.251 e. The summed E-state index contributed by atoms with van der Waals surface area (Å²) in [6.07, 6.45) is 4.07. The Morgan fingerprint density at radius 3 is 3.08 bits per heavy atom. The summed E-state index contributed by atoms with van der Waals surface area (Å²) < 4.78 is 5.29. The van der Waals surface area contributed by atoms with E-state index in [1.54, 1.807) is 24.9 Å². The van der Waals surface area contributed by atoms with E-state index in [4.69, 9.17) is 9.72 Å². The summed E-state index contributed by atoms with van der Waals surface area (Å²) in [6, 6.07) is 11.2. The van der Waals surface area contributed by atoms with Gasteiger partial charge in [-0.1, -0.05) is 0 Å². The Morgan fingerprint density at radius 2 is 2.19 bits per heavy atom. The number of methoxy groups -OCH3 is 1. The lowest BCUT2D eigenvalue weighted by Gasteiger charge is -2.32. The second kappa shape index (κ2) is 11.5. The first-order chi connectivity index (χ1) is 17.6. The van der Waals surface area contributed by atoms with E-state index < -0.39 is 0 Å². The second-order valence-corrected chi connectivity index (χ2v) is 11.1. The predicted molar refractivity (Wildman–Crippen MR) is 144 cm³/mol. The first kappa shape index (κ1) is 24.9. The largest absolute Gasteiger partial charge is 0.497 e. The van der Waals surface area contributed by atoms with Gasteiger partial charge in [0.1, 0.15) is 10.8 Å². The molecular formula is C26H29N5O3S2. The summed E-state index contributed by atoms with van der Waals surface area (Å²) in [5.74, 6) is 2.43. The maximum atomic E-state index is 12.7. The lowest BCUT2D eigenvalue weighted by Crippen LogP contribution is -2.41. The highest BCUT2D eigenvalue weighted by atomic mass is 32.2. The molecule has 188 valence electrons. The van der Waals surface area contributed by atoms with Gasteiger partial charge < -0.3 is 20.3 Å². The molecule has 1 fully saturated rings. The number of aromatic nitrogens is 2. The minimum absolute atomic E-state index is 0.0293. The van der Waals surface area contributed by atoms with Crippen molar-refractivity contribution in [1.29, 1.82) is 0 Å². The third-order valence-electron chi connectivity index (χ3n) is 6.41. The van der Waals surface area contributed by atoms with Crippen LogP contribution in [0, 0.1) is 5.92 Å². The molecule has 36 heavy (non-hydrogen) atoms. The predicted octanol–water partition coefficient (Wildman–Crippen LogP) is 3.92. The van der Waals surface area contributed by atoms with E-state index in [0.717, 1.165) is 70.6 Å². The van der Waals surface area contributed by atoms with Crippen molar-refractivity contribution in [3.63, 3.8) is 0 Å². The highest BCUT2D eigenvalue weighted by Gasteiger charge is 2.21. The highest BCUT2D eigenvalue weighted by molar-refractivity contribution is 8.00. The molecule has 2 amide bonds. The number of rotatable bonds is 8. The molecule has 1 aromatic heterocycles. The number of hydrogen-bond donors (Lipinski definition) is 2. The van der Waals surface area contributed by atoms with Gasteiger partial charge in [-0.3, -0.25) is 14.6 Å². The third kappa shape index (κ3) is 6.11. The van der Waals surface area contributed by atoms with Gasteiger partial charge in [-0.2, -0.15) is 0 Å². The fourth-order valence-corrected chi connectivity index (χ4v) is 6.17. The van der Waals surface area contributed by atoms with Crippen molar-refractivity contribution in [1.82, 2.24) is 20.2 Å². The number of ether oxygens (including phenoxy) is 1. The van der Waals surface area contributed by atoms with Crippen molar-refractivity contribution in [3.8, 4) is 5.75 Å². The number of benzene rings is 2. The fourth-order valence-electron chi connectivity index (χ4n) is 4.53. The molecule has 1 unspecified atom stereocenters. The van der Waals surface area contributed by atoms with Gasteiger partial charge in [0, 0.05) is 41.9 Å². The average molecular weight is 524 g/mol. The van der Waals surface area contributed by atoms with E-state index in [1.807, 2.05) is 36.5 Å². The maximum absolute atomic E-state index is 12.7. The molecule has 1 saturated heterocycles. The number of fused-ring (bicyclic) bond motifs is 2. The van der Waals surface area contributed by atoms with Crippen LogP contribution in [-0.4, -0.2) is 71.5 Å². The van der Waals surface area contributed by atoms with Gasteiger partial charge in [-0.05, 0) is 55.6 Å². The van der Waals surface area contributed by atoms with Crippen molar-refractivity contribution >= 4 is 52.1 Å². The summed E-state index contributed by atoms with van der Waals surface area (Å²) >= 11 is 3.21. The number of carbonyl (C=O) groups excluding carboxylic acids is 2. The third-order valence-corrected chi connectivity index (χ3v) is 8.37. The van der Waals surface area contributed by atoms with Crippen LogP contribution >= 0.6 is 23.5 Å². The summed E-state index contributed by atoms with van der Waals surface area (Å²) in [6.45, 7) is 3.67. The molecule has 0 radical (unpaired) electrons. The van der Waals surface area contributed by atoms with Crippen LogP contribution in [0.15, 0.2) is 52.5 Å².